The molecule has 3 aliphatic rings. The summed E-state index contributed by atoms with van der Waals surface area (Å²) < 4.78 is 5.80. The van der Waals surface area contributed by atoms with E-state index in [0.717, 1.165) is 6.42 Å². The molecule has 4 heteroatoms. The number of piperidine rings is 1. The smallest absolute Gasteiger partial charge is 0.311 e. The highest BCUT2D eigenvalue weighted by atomic mass is 16.6. The maximum Gasteiger partial charge on any atom is 0.311 e. The molecule has 0 radical (unpaired) electrons. The van der Waals surface area contributed by atoms with Crippen LogP contribution < -0.4 is 10.6 Å². The Morgan fingerprint density at radius 2 is 1.75 bits per heavy atom. The van der Waals surface area contributed by atoms with Crippen LogP contribution in [0.15, 0.2) is 24.3 Å². The zero-order valence-corrected chi connectivity index (χ0v) is 17.7. The second kappa shape index (κ2) is 8.06. The molecule has 1 aliphatic heterocycles. The van der Waals surface area contributed by atoms with E-state index in [4.69, 9.17) is 4.74 Å². The van der Waals surface area contributed by atoms with Gasteiger partial charge < -0.3 is 15.4 Å². The van der Waals surface area contributed by atoms with Gasteiger partial charge in [-0.15, -0.1) is 0 Å². The van der Waals surface area contributed by atoms with Crippen molar-refractivity contribution in [3.63, 3.8) is 0 Å². The minimum Gasteiger partial charge on any atom is -0.460 e. The van der Waals surface area contributed by atoms with E-state index in [2.05, 4.69) is 34.9 Å². The maximum absolute atomic E-state index is 13.0. The lowest BCUT2D eigenvalue weighted by molar-refractivity contribution is -0.163. The monoisotopic (exact) mass is 384 g/mol. The van der Waals surface area contributed by atoms with E-state index >= 15 is 0 Å². The number of benzene rings is 1. The molecule has 28 heavy (non-hydrogen) atoms. The molecule has 154 valence electrons. The van der Waals surface area contributed by atoms with Crippen LogP contribution in [0.5, 0.6) is 0 Å². The average molecular weight is 385 g/mol. The van der Waals surface area contributed by atoms with Gasteiger partial charge in [-0.1, -0.05) is 31.4 Å². The number of fused-ring (bicyclic) bond motifs is 1. The van der Waals surface area contributed by atoms with Gasteiger partial charge in [-0.05, 0) is 76.5 Å². The number of anilines is 1. The van der Waals surface area contributed by atoms with Crippen LogP contribution in [0.1, 0.15) is 83.7 Å². The van der Waals surface area contributed by atoms with Gasteiger partial charge in [-0.25, -0.2) is 0 Å². The Kier molecular flexibility index (Phi) is 5.69. The number of hydrogen-bond donors (Lipinski definition) is 2. The van der Waals surface area contributed by atoms with Gasteiger partial charge >= 0.3 is 5.97 Å². The summed E-state index contributed by atoms with van der Waals surface area (Å²) in [5.74, 6) is 0.452. The summed E-state index contributed by atoms with van der Waals surface area (Å²) in [7, 11) is 0. The van der Waals surface area contributed by atoms with Crippen molar-refractivity contribution in [3.05, 3.63) is 29.8 Å². The van der Waals surface area contributed by atoms with Crippen molar-refractivity contribution in [2.45, 2.75) is 95.9 Å². The molecule has 3 fully saturated rings. The predicted octanol–water partition coefficient (Wildman–Crippen LogP) is 5.20. The van der Waals surface area contributed by atoms with Crippen molar-refractivity contribution in [2.24, 2.45) is 11.8 Å². The standard InChI is InChI=1S/C24H36N2O2/c1-24(2,3)28-23(27)20-15-17-7-6-10-21(17)26-22(20)16-11-13-19(14-12-16)25-18-8-4-5-9-18/h11-14,17-18,20-22,25-26H,4-10,15H2,1-3H3/t17-,20?,21?,22+/m1/s1. The molecule has 0 aromatic heterocycles. The molecular weight excluding hydrogens is 348 g/mol. The van der Waals surface area contributed by atoms with E-state index in [1.165, 1.54) is 56.2 Å². The van der Waals surface area contributed by atoms with Crippen molar-refractivity contribution >= 4 is 11.7 Å². The van der Waals surface area contributed by atoms with Crippen molar-refractivity contribution < 1.29 is 9.53 Å². The first-order valence-corrected chi connectivity index (χ1v) is 11.2. The number of ether oxygens (including phenoxy) is 1. The zero-order valence-electron chi connectivity index (χ0n) is 17.7. The first-order chi connectivity index (χ1) is 13.4. The Bertz CT molecular complexity index is 673. The van der Waals surface area contributed by atoms with Crippen LogP contribution in [0, 0.1) is 11.8 Å². The Morgan fingerprint density at radius 3 is 2.43 bits per heavy atom. The first kappa shape index (κ1) is 19.8. The van der Waals surface area contributed by atoms with Crippen LogP contribution in [0.2, 0.25) is 0 Å². The molecule has 0 spiro atoms. The van der Waals surface area contributed by atoms with E-state index in [9.17, 15) is 4.79 Å². The van der Waals surface area contributed by atoms with E-state index < -0.39 is 5.60 Å². The molecule has 2 unspecified atom stereocenters. The number of carbonyl (C=O) groups excluding carboxylic acids is 1. The molecule has 2 N–H and O–H groups in total. The van der Waals surface area contributed by atoms with Gasteiger partial charge in [0.25, 0.3) is 0 Å². The van der Waals surface area contributed by atoms with Gasteiger partial charge in [0, 0.05) is 23.8 Å². The van der Waals surface area contributed by atoms with Crippen LogP contribution >= 0.6 is 0 Å². The number of carbonyl (C=O) groups is 1. The largest absolute Gasteiger partial charge is 0.460 e. The third-order valence-corrected chi connectivity index (χ3v) is 6.72. The number of hydrogen-bond acceptors (Lipinski definition) is 4. The Hall–Kier alpha value is -1.55. The van der Waals surface area contributed by atoms with E-state index in [0.29, 0.717) is 18.0 Å². The summed E-state index contributed by atoms with van der Waals surface area (Å²) in [5.41, 5.74) is 1.96. The highest BCUT2D eigenvalue weighted by molar-refractivity contribution is 5.74. The van der Waals surface area contributed by atoms with Crippen molar-refractivity contribution in [1.82, 2.24) is 5.32 Å². The molecule has 1 aromatic carbocycles. The molecule has 1 heterocycles. The fourth-order valence-electron chi connectivity index (χ4n) is 5.38. The van der Waals surface area contributed by atoms with Crippen LogP contribution in [0.3, 0.4) is 0 Å². The van der Waals surface area contributed by atoms with Crippen LogP contribution in [-0.4, -0.2) is 23.7 Å². The summed E-state index contributed by atoms with van der Waals surface area (Å²) in [4.78, 5) is 13.0. The summed E-state index contributed by atoms with van der Waals surface area (Å²) in [6.07, 6.45) is 9.88. The molecular formula is C24H36N2O2. The first-order valence-electron chi connectivity index (χ1n) is 11.2. The highest BCUT2D eigenvalue weighted by Crippen LogP contribution is 2.42. The lowest BCUT2D eigenvalue weighted by atomic mass is 9.78. The normalized spacial score (nSPS) is 30.8. The Morgan fingerprint density at radius 1 is 1.04 bits per heavy atom. The van der Waals surface area contributed by atoms with Crippen LogP contribution in [-0.2, 0) is 9.53 Å². The third-order valence-electron chi connectivity index (χ3n) is 6.72. The lowest BCUT2D eigenvalue weighted by Gasteiger charge is -2.40. The molecule has 1 saturated heterocycles. The average Bonchev–Trinajstić information content (AvgIpc) is 3.31. The van der Waals surface area contributed by atoms with Gasteiger partial charge in [-0.3, -0.25) is 4.79 Å². The summed E-state index contributed by atoms with van der Waals surface area (Å²) in [5, 5.41) is 7.48. The van der Waals surface area contributed by atoms with Crippen molar-refractivity contribution in [1.29, 1.82) is 0 Å². The van der Waals surface area contributed by atoms with E-state index in [1.807, 2.05) is 20.8 Å². The fraction of sp³-hybridized carbons (Fsp3) is 0.708. The fourth-order valence-corrected chi connectivity index (χ4v) is 5.38. The molecule has 2 aliphatic carbocycles. The minimum absolute atomic E-state index is 0.0507. The van der Waals surface area contributed by atoms with E-state index in [-0.39, 0.29) is 17.9 Å². The van der Waals surface area contributed by atoms with Gasteiger partial charge in [0.2, 0.25) is 0 Å². The highest BCUT2D eigenvalue weighted by Gasteiger charge is 2.44. The maximum atomic E-state index is 13.0. The van der Waals surface area contributed by atoms with Gasteiger partial charge in [0.1, 0.15) is 5.60 Å². The summed E-state index contributed by atoms with van der Waals surface area (Å²) >= 11 is 0. The van der Waals surface area contributed by atoms with Crippen LogP contribution in [0.4, 0.5) is 5.69 Å². The third kappa shape index (κ3) is 4.53. The summed E-state index contributed by atoms with van der Waals surface area (Å²) in [6, 6.07) is 9.97. The molecule has 2 saturated carbocycles. The number of rotatable bonds is 4. The van der Waals surface area contributed by atoms with Gasteiger partial charge in [0.05, 0.1) is 5.92 Å². The Balaban J connectivity index is 1.50. The second-order valence-electron chi connectivity index (χ2n) is 10.1. The molecule has 4 nitrogen and oxygen atoms in total. The van der Waals surface area contributed by atoms with Gasteiger partial charge in [0.15, 0.2) is 0 Å². The topological polar surface area (TPSA) is 50.4 Å². The molecule has 0 bridgehead atoms. The molecule has 4 rings (SSSR count). The quantitative estimate of drug-likeness (QED) is 0.700. The molecule has 4 atom stereocenters. The van der Waals surface area contributed by atoms with E-state index in [1.54, 1.807) is 0 Å². The van der Waals surface area contributed by atoms with Crippen molar-refractivity contribution in [2.75, 3.05) is 5.32 Å². The molecule has 0 amide bonds. The van der Waals surface area contributed by atoms with Gasteiger partial charge in [-0.2, -0.15) is 0 Å². The molecule has 1 aromatic rings. The summed E-state index contributed by atoms with van der Waals surface area (Å²) in [6.45, 7) is 5.87. The number of nitrogens with one attached hydrogen (secondary N) is 2. The SMILES string of the molecule is CC(C)(C)OC(=O)C1C[C@H]2CCCC2N[C@H]1c1ccc(NC2CCCC2)cc1. The zero-order chi connectivity index (χ0) is 19.7. The van der Waals surface area contributed by atoms with Crippen LogP contribution in [0.25, 0.3) is 0 Å². The second-order valence-corrected chi connectivity index (χ2v) is 10.1. The minimum atomic E-state index is -0.441. The predicted molar refractivity (Wildman–Crippen MR) is 113 cm³/mol. The Labute approximate surface area is 169 Å². The number of esters is 1. The van der Waals surface area contributed by atoms with Crippen molar-refractivity contribution in [3.8, 4) is 0 Å². The lowest BCUT2D eigenvalue weighted by Crippen LogP contribution is -2.48.